The summed E-state index contributed by atoms with van der Waals surface area (Å²) in [7, 11) is 0. The first-order valence-electron chi connectivity index (χ1n) is 7.90. The molecule has 8 heteroatoms. The van der Waals surface area contributed by atoms with Crippen LogP contribution in [0, 0.1) is 0 Å². The molecule has 8 nitrogen and oxygen atoms in total. The van der Waals surface area contributed by atoms with Gasteiger partial charge in [0.05, 0.1) is 38.6 Å². The van der Waals surface area contributed by atoms with Crippen LogP contribution >= 0.6 is 0 Å². The van der Waals surface area contributed by atoms with Gasteiger partial charge in [0.25, 0.3) is 0 Å². The van der Waals surface area contributed by atoms with Gasteiger partial charge in [0.1, 0.15) is 12.2 Å². The number of hydrogen-bond donors (Lipinski definition) is 4. The molecule has 4 N–H and O–H groups in total. The summed E-state index contributed by atoms with van der Waals surface area (Å²) < 4.78 is 10.4. The van der Waals surface area contributed by atoms with Crippen molar-refractivity contribution in [2.75, 3.05) is 65.7 Å². The highest BCUT2D eigenvalue weighted by atomic mass is 16.5. The van der Waals surface area contributed by atoms with Gasteiger partial charge in [0.2, 0.25) is 0 Å². The van der Waals surface area contributed by atoms with Gasteiger partial charge in [-0.15, -0.1) is 0 Å². The van der Waals surface area contributed by atoms with E-state index in [-0.39, 0.29) is 13.1 Å². The van der Waals surface area contributed by atoms with E-state index in [9.17, 15) is 20.4 Å². The van der Waals surface area contributed by atoms with Gasteiger partial charge in [0, 0.05) is 39.3 Å². The highest BCUT2D eigenvalue weighted by molar-refractivity contribution is 4.85. The van der Waals surface area contributed by atoms with E-state index in [1.807, 2.05) is 9.80 Å². The first-order chi connectivity index (χ1) is 10.6. The molecule has 4 unspecified atom stereocenters. The summed E-state index contributed by atoms with van der Waals surface area (Å²) in [5, 5.41) is 40.2. The molecule has 2 rings (SSSR count). The van der Waals surface area contributed by atoms with Crippen LogP contribution < -0.4 is 0 Å². The number of rotatable bonds is 7. The van der Waals surface area contributed by atoms with Crippen molar-refractivity contribution < 1.29 is 29.9 Å². The van der Waals surface area contributed by atoms with Crippen molar-refractivity contribution in [3.8, 4) is 0 Å². The normalized spacial score (nSPS) is 27.3. The average molecular weight is 320 g/mol. The van der Waals surface area contributed by atoms with Gasteiger partial charge >= 0.3 is 0 Å². The Morgan fingerprint density at radius 2 is 0.955 bits per heavy atom. The lowest BCUT2D eigenvalue weighted by Gasteiger charge is -2.34. The lowest BCUT2D eigenvalue weighted by Crippen LogP contribution is -2.53. The molecule has 0 bridgehead atoms. The molecule has 0 amide bonds. The smallest absolute Gasteiger partial charge is 0.110 e. The lowest BCUT2D eigenvalue weighted by atomic mass is 10.0. The molecular weight excluding hydrogens is 292 g/mol. The first kappa shape index (κ1) is 18.0. The zero-order chi connectivity index (χ0) is 15.9. The summed E-state index contributed by atoms with van der Waals surface area (Å²) in [5.74, 6) is 0. The van der Waals surface area contributed by atoms with Crippen LogP contribution in [0.1, 0.15) is 0 Å². The minimum Gasteiger partial charge on any atom is -0.389 e. The predicted molar refractivity (Wildman–Crippen MR) is 78.5 cm³/mol. The standard InChI is InChI=1S/C14H28N2O6/c17-11(9-15-1-5-21-6-2-15)13(19)14(20)12(18)10-16-3-7-22-8-4-16/h11-14,17-20H,1-10H2. The SMILES string of the molecule is OC(CN1CCOCC1)C(O)C(O)C(O)CN1CCOCC1. The van der Waals surface area contributed by atoms with E-state index < -0.39 is 24.4 Å². The zero-order valence-corrected chi connectivity index (χ0v) is 12.9. The highest BCUT2D eigenvalue weighted by Gasteiger charge is 2.32. The summed E-state index contributed by atoms with van der Waals surface area (Å²) in [6.07, 6.45) is -4.96. The Morgan fingerprint density at radius 3 is 1.27 bits per heavy atom. The molecule has 22 heavy (non-hydrogen) atoms. The van der Waals surface area contributed by atoms with Crippen molar-refractivity contribution >= 4 is 0 Å². The second-order valence-electron chi connectivity index (χ2n) is 5.94. The molecule has 0 aromatic rings. The van der Waals surface area contributed by atoms with E-state index in [4.69, 9.17) is 9.47 Å². The minimum absolute atomic E-state index is 0.256. The molecule has 2 saturated heterocycles. The van der Waals surface area contributed by atoms with Crippen molar-refractivity contribution in [2.24, 2.45) is 0 Å². The fraction of sp³-hybridized carbons (Fsp3) is 1.00. The molecular formula is C14H28N2O6. The largest absolute Gasteiger partial charge is 0.389 e. The molecule has 2 aliphatic rings. The summed E-state index contributed by atoms with van der Waals surface area (Å²) in [4.78, 5) is 3.94. The molecule has 0 spiro atoms. The zero-order valence-electron chi connectivity index (χ0n) is 12.9. The molecule has 0 aromatic carbocycles. The van der Waals surface area contributed by atoms with E-state index in [2.05, 4.69) is 0 Å². The number of aliphatic hydroxyl groups excluding tert-OH is 4. The average Bonchev–Trinajstić information content (AvgIpc) is 2.55. The monoisotopic (exact) mass is 320 g/mol. The van der Waals surface area contributed by atoms with Crippen molar-refractivity contribution in [1.29, 1.82) is 0 Å². The molecule has 4 atom stereocenters. The van der Waals surface area contributed by atoms with Crippen LogP contribution in [0.2, 0.25) is 0 Å². The van der Waals surface area contributed by atoms with E-state index >= 15 is 0 Å². The topological polar surface area (TPSA) is 106 Å². The first-order valence-corrected chi connectivity index (χ1v) is 7.90. The summed E-state index contributed by atoms with van der Waals surface area (Å²) in [5.41, 5.74) is 0. The molecule has 0 radical (unpaired) electrons. The van der Waals surface area contributed by atoms with Gasteiger partial charge in [-0.3, -0.25) is 9.80 Å². The third-order valence-electron chi connectivity index (χ3n) is 4.24. The lowest BCUT2D eigenvalue weighted by molar-refractivity contribution is -0.121. The molecule has 2 aliphatic heterocycles. The summed E-state index contributed by atoms with van der Waals surface area (Å²) in [6, 6.07) is 0. The van der Waals surface area contributed by atoms with E-state index in [1.54, 1.807) is 0 Å². The van der Waals surface area contributed by atoms with Gasteiger partial charge in [-0.05, 0) is 0 Å². The van der Waals surface area contributed by atoms with Gasteiger partial charge in [-0.2, -0.15) is 0 Å². The van der Waals surface area contributed by atoms with Crippen LogP contribution in [0.3, 0.4) is 0 Å². The highest BCUT2D eigenvalue weighted by Crippen LogP contribution is 2.10. The Bertz CT molecular complexity index is 280. The van der Waals surface area contributed by atoms with Crippen LogP contribution in [0.15, 0.2) is 0 Å². The third-order valence-corrected chi connectivity index (χ3v) is 4.24. The van der Waals surface area contributed by atoms with Crippen LogP contribution in [-0.2, 0) is 9.47 Å². The van der Waals surface area contributed by atoms with Gasteiger partial charge in [-0.25, -0.2) is 0 Å². The Kier molecular flexibility index (Phi) is 7.45. The van der Waals surface area contributed by atoms with Gasteiger partial charge in [-0.1, -0.05) is 0 Å². The van der Waals surface area contributed by atoms with Crippen molar-refractivity contribution in [3.63, 3.8) is 0 Å². The van der Waals surface area contributed by atoms with Gasteiger partial charge in [0.15, 0.2) is 0 Å². The number of nitrogens with zero attached hydrogens (tertiary/aromatic N) is 2. The van der Waals surface area contributed by atoms with Crippen LogP contribution in [0.25, 0.3) is 0 Å². The van der Waals surface area contributed by atoms with E-state index in [0.717, 1.165) is 0 Å². The molecule has 130 valence electrons. The van der Waals surface area contributed by atoms with Crippen molar-refractivity contribution in [1.82, 2.24) is 9.80 Å². The molecule has 0 saturated carbocycles. The Balaban J connectivity index is 1.74. The van der Waals surface area contributed by atoms with Crippen LogP contribution in [-0.4, -0.2) is 120 Å². The molecule has 2 heterocycles. The predicted octanol–water partition coefficient (Wildman–Crippen LogP) is -2.91. The van der Waals surface area contributed by atoms with E-state index in [0.29, 0.717) is 52.6 Å². The minimum atomic E-state index is -1.38. The summed E-state index contributed by atoms with van der Waals surface area (Å²) in [6.45, 7) is 5.68. The number of morpholine rings is 2. The van der Waals surface area contributed by atoms with Crippen molar-refractivity contribution in [3.05, 3.63) is 0 Å². The second kappa shape index (κ2) is 9.09. The number of ether oxygens (including phenoxy) is 2. The quantitative estimate of drug-likeness (QED) is 0.396. The van der Waals surface area contributed by atoms with Crippen molar-refractivity contribution in [2.45, 2.75) is 24.4 Å². The molecule has 2 fully saturated rings. The third kappa shape index (κ3) is 5.39. The summed E-state index contributed by atoms with van der Waals surface area (Å²) >= 11 is 0. The fourth-order valence-electron chi connectivity index (χ4n) is 2.77. The van der Waals surface area contributed by atoms with E-state index in [1.165, 1.54) is 0 Å². The maximum absolute atomic E-state index is 10.1. The van der Waals surface area contributed by atoms with Crippen LogP contribution in [0.5, 0.6) is 0 Å². The Labute approximate surface area is 130 Å². The number of hydrogen-bond acceptors (Lipinski definition) is 8. The molecule has 0 aromatic heterocycles. The second-order valence-corrected chi connectivity index (χ2v) is 5.94. The Morgan fingerprint density at radius 1 is 0.636 bits per heavy atom. The maximum Gasteiger partial charge on any atom is 0.110 e. The number of aliphatic hydroxyl groups is 4. The molecule has 0 aliphatic carbocycles. The van der Waals surface area contributed by atoms with Gasteiger partial charge < -0.3 is 29.9 Å². The Hall–Kier alpha value is -0.320. The number of β-amino-alcohol motifs (C(OH)–C–C–N with tert-alkyl or cyclic N) is 2. The fourth-order valence-corrected chi connectivity index (χ4v) is 2.77. The van der Waals surface area contributed by atoms with Crippen LogP contribution in [0.4, 0.5) is 0 Å². The maximum atomic E-state index is 10.1.